The quantitative estimate of drug-likeness (QED) is 0.641. The summed E-state index contributed by atoms with van der Waals surface area (Å²) in [5.74, 6) is 0.188. The Morgan fingerprint density at radius 1 is 1.62 bits per heavy atom. The third-order valence-electron chi connectivity index (χ3n) is 1.36. The highest BCUT2D eigenvalue weighted by Gasteiger charge is 2.05. The molecule has 1 rings (SSSR count). The average Bonchev–Trinajstić information content (AvgIpc) is 2.46. The van der Waals surface area contributed by atoms with E-state index in [-0.39, 0.29) is 12.4 Å². The van der Waals surface area contributed by atoms with Crippen molar-refractivity contribution in [2.45, 2.75) is 13.2 Å². The van der Waals surface area contributed by atoms with Crippen molar-refractivity contribution >= 4 is 7.82 Å². The largest absolute Gasteiger partial charge is 0.790 e. The van der Waals surface area contributed by atoms with Gasteiger partial charge in [-0.05, 0) is 6.07 Å². The van der Waals surface area contributed by atoms with Crippen LogP contribution < -0.4 is 9.79 Å². The first-order valence-electron chi connectivity index (χ1n) is 3.35. The minimum absolute atomic E-state index is 0.188. The van der Waals surface area contributed by atoms with Gasteiger partial charge in [0.1, 0.15) is 12.4 Å². The lowest BCUT2D eigenvalue weighted by Gasteiger charge is -2.28. The Balaban J connectivity index is 2.59. The first-order valence-corrected chi connectivity index (χ1v) is 4.81. The van der Waals surface area contributed by atoms with Gasteiger partial charge in [0.05, 0.1) is 20.7 Å². The molecular weight excluding hydrogens is 199 g/mol. The van der Waals surface area contributed by atoms with Crippen molar-refractivity contribution < 1.29 is 28.4 Å². The molecule has 0 aromatic carbocycles. The molecule has 0 bridgehead atoms. The van der Waals surface area contributed by atoms with Gasteiger partial charge in [-0.3, -0.25) is 0 Å². The van der Waals surface area contributed by atoms with Gasteiger partial charge in [0.15, 0.2) is 0 Å². The van der Waals surface area contributed by atoms with Gasteiger partial charge in [0, 0.05) is 5.56 Å². The summed E-state index contributed by atoms with van der Waals surface area (Å²) in [5, 5.41) is 8.66. The highest BCUT2D eigenvalue weighted by atomic mass is 31.2. The van der Waals surface area contributed by atoms with Gasteiger partial charge in [0.25, 0.3) is 0 Å². The normalized spacial score (nSPS) is 11.9. The molecule has 13 heavy (non-hydrogen) atoms. The molecule has 1 N–H and O–H groups in total. The first kappa shape index (κ1) is 10.4. The summed E-state index contributed by atoms with van der Waals surface area (Å²) in [6.45, 7) is -0.773. The van der Waals surface area contributed by atoms with E-state index in [9.17, 15) is 14.4 Å². The van der Waals surface area contributed by atoms with Crippen LogP contribution >= 0.6 is 7.82 Å². The molecule has 0 saturated heterocycles. The lowest BCUT2D eigenvalue weighted by molar-refractivity contribution is -0.342. The summed E-state index contributed by atoms with van der Waals surface area (Å²) >= 11 is 0. The maximum atomic E-state index is 10.1. The molecule has 74 valence electrons. The van der Waals surface area contributed by atoms with Crippen LogP contribution in [-0.4, -0.2) is 5.11 Å². The van der Waals surface area contributed by atoms with Crippen molar-refractivity contribution in [3.05, 3.63) is 23.7 Å². The third-order valence-corrected chi connectivity index (χ3v) is 1.80. The summed E-state index contributed by atoms with van der Waals surface area (Å²) in [4.78, 5) is 20.2. The summed E-state index contributed by atoms with van der Waals surface area (Å²) < 4.78 is 18.8. The summed E-state index contributed by atoms with van der Waals surface area (Å²) in [6.07, 6.45) is 1.27. The predicted octanol–water partition coefficient (Wildman–Crippen LogP) is -0.883. The van der Waals surface area contributed by atoms with Crippen LogP contribution in [0.25, 0.3) is 0 Å². The number of hydrogen-bond acceptors (Lipinski definition) is 6. The third kappa shape index (κ3) is 3.30. The van der Waals surface area contributed by atoms with Crippen molar-refractivity contribution in [2.75, 3.05) is 0 Å². The Morgan fingerprint density at radius 3 is 2.85 bits per heavy atom. The van der Waals surface area contributed by atoms with Gasteiger partial charge in [-0.15, -0.1) is 0 Å². The van der Waals surface area contributed by atoms with Gasteiger partial charge in [-0.1, -0.05) is 0 Å². The average molecular weight is 206 g/mol. The van der Waals surface area contributed by atoms with Crippen LogP contribution in [0.15, 0.2) is 16.7 Å². The van der Waals surface area contributed by atoms with E-state index < -0.39 is 14.4 Å². The number of phosphoric acid groups is 1. The highest BCUT2D eigenvalue weighted by molar-refractivity contribution is 7.43. The van der Waals surface area contributed by atoms with Crippen LogP contribution in [0.2, 0.25) is 0 Å². The van der Waals surface area contributed by atoms with Gasteiger partial charge in [-0.25, -0.2) is 0 Å². The van der Waals surface area contributed by atoms with Gasteiger partial charge < -0.3 is 28.4 Å². The van der Waals surface area contributed by atoms with E-state index in [2.05, 4.69) is 4.52 Å². The minimum Gasteiger partial charge on any atom is -0.790 e. The standard InChI is InChI=1S/C6H9O6P/c7-3-6-5(1-2-11-6)4-12-13(8,9)10/h1-2,7H,3-4H2,(H2,8,9,10)/p-2. The van der Waals surface area contributed by atoms with E-state index >= 15 is 0 Å². The molecule has 0 amide bonds. The molecule has 1 heterocycles. The zero-order valence-electron chi connectivity index (χ0n) is 6.50. The van der Waals surface area contributed by atoms with E-state index in [1.54, 1.807) is 0 Å². The van der Waals surface area contributed by atoms with Crippen molar-refractivity contribution in [2.24, 2.45) is 0 Å². The number of phosphoric ester groups is 1. The Morgan fingerprint density at radius 2 is 2.31 bits per heavy atom. The van der Waals surface area contributed by atoms with E-state index in [1.165, 1.54) is 12.3 Å². The number of hydrogen-bond donors (Lipinski definition) is 1. The van der Waals surface area contributed by atoms with Crippen LogP contribution in [0.3, 0.4) is 0 Å². The van der Waals surface area contributed by atoms with Gasteiger partial charge in [0.2, 0.25) is 0 Å². The molecular formula is C6H7O6P-2. The molecule has 0 atom stereocenters. The van der Waals surface area contributed by atoms with Crippen LogP contribution in [0.4, 0.5) is 0 Å². The fourth-order valence-electron chi connectivity index (χ4n) is 0.783. The molecule has 1 aromatic heterocycles. The maximum Gasteiger partial charge on any atom is 0.134 e. The Bertz CT molecular complexity index is 313. The molecule has 0 spiro atoms. The molecule has 6 nitrogen and oxygen atoms in total. The molecule has 0 aliphatic rings. The first-order chi connectivity index (χ1) is 6.03. The number of aliphatic hydroxyl groups excluding tert-OH is 1. The molecule has 0 radical (unpaired) electrons. The summed E-state index contributed by atoms with van der Waals surface area (Å²) in [5.41, 5.74) is 0.342. The smallest absolute Gasteiger partial charge is 0.134 e. The molecule has 1 aromatic rings. The summed E-state index contributed by atoms with van der Waals surface area (Å²) in [6, 6.07) is 1.42. The second kappa shape index (κ2) is 4.04. The second-order valence-electron chi connectivity index (χ2n) is 2.25. The van der Waals surface area contributed by atoms with E-state index in [4.69, 9.17) is 9.52 Å². The maximum absolute atomic E-state index is 10.1. The zero-order chi connectivity index (χ0) is 9.90. The monoisotopic (exact) mass is 206 g/mol. The van der Waals surface area contributed by atoms with Crippen LogP contribution in [-0.2, 0) is 22.3 Å². The molecule has 0 saturated carbocycles. The Labute approximate surface area is 74.0 Å². The van der Waals surface area contributed by atoms with Gasteiger partial charge in [-0.2, -0.15) is 0 Å². The zero-order valence-corrected chi connectivity index (χ0v) is 7.40. The predicted molar refractivity (Wildman–Crippen MR) is 37.0 cm³/mol. The van der Waals surface area contributed by atoms with Crippen molar-refractivity contribution in [3.63, 3.8) is 0 Å². The summed E-state index contributed by atoms with van der Waals surface area (Å²) in [7, 11) is -4.96. The van der Waals surface area contributed by atoms with Crippen LogP contribution in [0.5, 0.6) is 0 Å². The minimum atomic E-state index is -4.96. The molecule has 0 unspecified atom stereocenters. The molecule has 7 heteroatoms. The molecule has 0 aliphatic heterocycles. The molecule has 0 fully saturated rings. The lowest BCUT2D eigenvalue weighted by Crippen LogP contribution is -2.16. The van der Waals surface area contributed by atoms with E-state index in [1.807, 2.05) is 0 Å². The van der Waals surface area contributed by atoms with Crippen LogP contribution in [0.1, 0.15) is 11.3 Å². The molecule has 0 aliphatic carbocycles. The van der Waals surface area contributed by atoms with Crippen molar-refractivity contribution in [1.82, 2.24) is 0 Å². The van der Waals surface area contributed by atoms with Gasteiger partial charge >= 0.3 is 0 Å². The van der Waals surface area contributed by atoms with E-state index in [0.717, 1.165) is 0 Å². The Hall–Kier alpha value is -0.650. The lowest BCUT2D eigenvalue weighted by atomic mass is 10.3. The SMILES string of the molecule is O=P([O-])([O-])OCc1ccoc1CO. The van der Waals surface area contributed by atoms with Crippen molar-refractivity contribution in [1.29, 1.82) is 0 Å². The van der Waals surface area contributed by atoms with Crippen molar-refractivity contribution in [3.8, 4) is 0 Å². The fraction of sp³-hybridized carbons (Fsp3) is 0.333. The number of furan rings is 1. The highest BCUT2D eigenvalue weighted by Crippen LogP contribution is 2.27. The number of aliphatic hydroxyl groups is 1. The fourth-order valence-corrected chi connectivity index (χ4v) is 1.08. The topological polar surface area (TPSA) is 106 Å². The number of rotatable bonds is 4. The van der Waals surface area contributed by atoms with Crippen LogP contribution in [0, 0.1) is 0 Å². The van der Waals surface area contributed by atoms with E-state index in [0.29, 0.717) is 5.56 Å². The second-order valence-corrected chi connectivity index (χ2v) is 3.40. The Kier molecular flexibility index (Phi) is 3.24.